The van der Waals surface area contributed by atoms with E-state index in [1.165, 1.54) is 0 Å². The van der Waals surface area contributed by atoms with Gasteiger partial charge >= 0.3 is 0 Å². The van der Waals surface area contributed by atoms with Crippen LogP contribution < -0.4 is 9.80 Å². The molecule has 12 aromatic carbocycles. The maximum atomic E-state index is 18.4. The maximum absolute atomic E-state index is 18.4. The van der Waals surface area contributed by atoms with Crippen LogP contribution in [-0.2, 0) is 10.8 Å². The number of nitrogens with zero attached hydrogens (tertiary/aromatic N) is 2. The summed E-state index contributed by atoms with van der Waals surface area (Å²) in [6, 6.07) is 75.3. The standard InChI is InChI=1S/C76H66F2N2/c1-47-23-11-15-27-55(47)53-43-61(57-29-17-13-25-49(57)3)73(65(77)45-53)79(69-33-21-19-31-63(69)75(5,6)7)67-41-37-51-36-40-60-68(42-38-52-35-39-59(67)71(51)72(52)60)80(70-34-22-20-32-64(70)76(8,9)10)74-62(58-30-18-14-26-50(58)4)44-54(46-66(74)78)56-28-16-12-24-48(56)2/h11-46H,1-10H3. The van der Waals surface area contributed by atoms with E-state index in [1.807, 2.05) is 48.5 Å². The van der Waals surface area contributed by atoms with Crippen molar-refractivity contribution in [2.75, 3.05) is 9.80 Å². The first-order valence-corrected chi connectivity index (χ1v) is 27.9. The van der Waals surface area contributed by atoms with E-state index in [9.17, 15) is 0 Å². The van der Waals surface area contributed by atoms with Crippen molar-refractivity contribution in [1.29, 1.82) is 0 Å². The van der Waals surface area contributed by atoms with Gasteiger partial charge in [-0.2, -0.15) is 0 Å². The van der Waals surface area contributed by atoms with Gasteiger partial charge in [-0.25, -0.2) is 8.78 Å². The number of hydrogen-bond acceptors (Lipinski definition) is 2. The largest absolute Gasteiger partial charge is 0.306 e. The van der Waals surface area contributed by atoms with E-state index in [4.69, 9.17) is 0 Å². The molecule has 0 spiro atoms. The lowest BCUT2D eigenvalue weighted by Crippen LogP contribution is -2.21. The van der Waals surface area contributed by atoms with Crippen molar-refractivity contribution in [2.24, 2.45) is 0 Å². The van der Waals surface area contributed by atoms with Crippen LogP contribution >= 0.6 is 0 Å². The number of para-hydroxylation sites is 2. The van der Waals surface area contributed by atoms with Crippen LogP contribution in [0.4, 0.5) is 42.9 Å². The zero-order valence-corrected chi connectivity index (χ0v) is 47.4. The van der Waals surface area contributed by atoms with Crippen LogP contribution in [0.3, 0.4) is 0 Å². The van der Waals surface area contributed by atoms with Crippen LogP contribution in [0.15, 0.2) is 218 Å². The summed E-state index contributed by atoms with van der Waals surface area (Å²) >= 11 is 0. The van der Waals surface area contributed by atoms with Gasteiger partial charge in [0.1, 0.15) is 11.6 Å². The third-order valence-electron chi connectivity index (χ3n) is 16.4. The number of anilines is 6. The van der Waals surface area contributed by atoms with Crippen molar-refractivity contribution in [3.63, 3.8) is 0 Å². The number of halogens is 2. The van der Waals surface area contributed by atoms with E-state index in [0.29, 0.717) is 11.4 Å². The first kappa shape index (κ1) is 51.9. The minimum atomic E-state index is -0.325. The van der Waals surface area contributed by atoms with Crippen molar-refractivity contribution in [3.05, 3.63) is 263 Å². The Kier molecular flexibility index (Phi) is 13.0. The van der Waals surface area contributed by atoms with Gasteiger partial charge in [-0.1, -0.05) is 211 Å². The first-order chi connectivity index (χ1) is 38.5. The van der Waals surface area contributed by atoms with E-state index in [1.54, 1.807) is 12.1 Å². The normalized spacial score (nSPS) is 12.0. The van der Waals surface area contributed by atoms with Crippen molar-refractivity contribution in [3.8, 4) is 44.5 Å². The van der Waals surface area contributed by atoms with Gasteiger partial charge in [0.15, 0.2) is 0 Å². The summed E-state index contributed by atoms with van der Waals surface area (Å²) in [6.45, 7) is 21.7. The van der Waals surface area contributed by atoms with Crippen molar-refractivity contribution >= 4 is 66.4 Å². The van der Waals surface area contributed by atoms with Gasteiger partial charge in [-0.15, -0.1) is 0 Å². The Hall–Kier alpha value is -8.86. The molecule has 0 aromatic heterocycles. The molecule has 12 rings (SSSR count). The lowest BCUT2D eigenvalue weighted by Gasteiger charge is -2.35. The highest BCUT2D eigenvalue weighted by molar-refractivity contribution is 6.28. The van der Waals surface area contributed by atoms with E-state index in [-0.39, 0.29) is 22.5 Å². The minimum absolute atomic E-state index is 0.314. The Balaban J connectivity index is 1.18. The molecule has 0 aliphatic carbocycles. The molecule has 0 unspecified atom stereocenters. The molecule has 0 aliphatic heterocycles. The van der Waals surface area contributed by atoms with Gasteiger partial charge in [-0.05, 0) is 175 Å². The van der Waals surface area contributed by atoms with Gasteiger partial charge in [0.05, 0.1) is 34.1 Å². The number of hydrogen-bond donors (Lipinski definition) is 0. The Labute approximate surface area is 470 Å². The molecule has 0 bridgehead atoms. The average molecular weight is 1050 g/mol. The fourth-order valence-corrected chi connectivity index (χ4v) is 12.4. The Morgan fingerprint density at radius 2 is 0.613 bits per heavy atom. The summed E-state index contributed by atoms with van der Waals surface area (Å²) in [5.41, 5.74) is 17.3. The molecule has 0 saturated heterocycles. The summed E-state index contributed by atoms with van der Waals surface area (Å²) in [5.74, 6) is -0.650. The molecule has 0 N–H and O–H groups in total. The molecular weight excluding hydrogens is 979 g/mol. The predicted molar refractivity (Wildman–Crippen MR) is 338 cm³/mol. The summed E-state index contributed by atoms with van der Waals surface area (Å²) in [5, 5.41) is 6.13. The summed E-state index contributed by atoms with van der Waals surface area (Å²) in [6.07, 6.45) is 0. The minimum Gasteiger partial charge on any atom is -0.306 e. The van der Waals surface area contributed by atoms with Crippen LogP contribution in [0, 0.1) is 39.3 Å². The number of aryl methyl sites for hydroxylation is 4. The van der Waals surface area contributed by atoms with E-state index in [2.05, 4.69) is 237 Å². The van der Waals surface area contributed by atoms with Gasteiger partial charge in [0.25, 0.3) is 0 Å². The number of rotatable bonds is 10. The van der Waals surface area contributed by atoms with E-state index < -0.39 is 0 Å². The smallest absolute Gasteiger partial charge is 0.148 e. The molecule has 0 atom stereocenters. The van der Waals surface area contributed by atoms with E-state index in [0.717, 1.165) is 133 Å². The van der Waals surface area contributed by atoms with Crippen molar-refractivity contribution < 1.29 is 8.78 Å². The molecule has 4 heteroatoms. The maximum Gasteiger partial charge on any atom is 0.148 e. The fraction of sp³-hybridized carbons (Fsp3) is 0.158. The van der Waals surface area contributed by atoms with Crippen LogP contribution in [0.2, 0.25) is 0 Å². The van der Waals surface area contributed by atoms with Gasteiger partial charge in [-0.3, -0.25) is 0 Å². The molecule has 0 heterocycles. The highest BCUT2D eigenvalue weighted by Gasteiger charge is 2.33. The van der Waals surface area contributed by atoms with Gasteiger partial charge in [0.2, 0.25) is 0 Å². The second kappa shape index (κ2) is 20.1. The molecule has 80 heavy (non-hydrogen) atoms. The summed E-state index contributed by atoms with van der Waals surface area (Å²) in [7, 11) is 0. The van der Waals surface area contributed by atoms with Crippen molar-refractivity contribution in [2.45, 2.75) is 80.1 Å². The highest BCUT2D eigenvalue weighted by Crippen LogP contribution is 2.54. The lowest BCUT2D eigenvalue weighted by atomic mass is 9.84. The molecule has 0 aliphatic rings. The molecule has 2 nitrogen and oxygen atoms in total. The molecule has 12 aromatic rings. The van der Waals surface area contributed by atoms with Gasteiger partial charge < -0.3 is 9.80 Å². The van der Waals surface area contributed by atoms with Gasteiger partial charge in [0, 0.05) is 21.9 Å². The first-order valence-electron chi connectivity index (χ1n) is 27.9. The second-order valence-electron chi connectivity index (χ2n) is 23.8. The zero-order chi connectivity index (χ0) is 55.8. The molecular formula is C76H66F2N2. The zero-order valence-electron chi connectivity index (χ0n) is 47.4. The van der Waals surface area contributed by atoms with Crippen LogP contribution in [-0.4, -0.2) is 0 Å². The third kappa shape index (κ3) is 8.97. The molecule has 0 saturated carbocycles. The molecule has 0 amide bonds. The topological polar surface area (TPSA) is 6.48 Å². The molecule has 0 radical (unpaired) electrons. The summed E-state index contributed by atoms with van der Waals surface area (Å²) < 4.78 is 36.9. The van der Waals surface area contributed by atoms with Crippen LogP contribution in [0.1, 0.15) is 74.9 Å². The predicted octanol–water partition coefficient (Wildman–Crippen LogP) is 22.3. The summed E-state index contributed by atoms with van der Waals surface area (Å²) in [4.78, 5) is 4.38. The van der Waals surface area contributed by atoms with Crippen LogP contribution in [0.25, 0.3) is 76.8 Å². The average Bonchev–Trinajstić information content (AvgIpc) is 3.44. The highest BCUT2D eigenvalue weighted by atomic mass is 19.1. The quantitative estimate of drug-likeness (QED) is 0.126. The third-order valence-corrected chi connectivity index (χ3v) is 16.4. The Morgan fingerprint density at radius 1 is 0.300 bits per heavy atom. The Bertz CT molecular complexity index is 4080. The molecule has 394 valence electrons. The Morgan fingerprint density at radius 3 is 0.963 bits per heavy atom. The SMILES string of the molecule is Cc1ccccc1-c1cc(F)c(N(c2ccccc2C(C)(C)C)c2ccc3ccc4c(N(c5ccccc5C(C)(C)C)c5c(F)cc(-c6ccccc6C)cc5-c5ccccc5C)ccc5ccc2c3c54)c(-c2ccccc2C)c1. The second-order valence-corrected chi connectivity index (χ2v) is 23.8. The van der Waals surface area contributed by atoms with Crippen molar-refractivity contribution in [1.82, 2.24) is 0 Å². The van der Waals surface area contributed by atoms with Crippen LogP contribution in [0.5, 0.6) is 0 Å². The lowest BCUT2D eigenvalue weighted by molar-refractivity contribution is 0.590. The fourth-order valence-electron chi connectivity index (χ4n) is 12.4. The monoisotopic (exact) mass is 1040 g/mol. The molecule has 0 fully saturated rings. The number of benzene rings is 12. The van der Waals surface area contributed by atoms with E-state index >= 15 is 8.78 Å².